The van der Waals surface area contributed by atoms with Gasteiger partial charge in [-0.1, -0.05) is 13.3 Å². The van der Waals surface area contributed by atoms with Crippen molar-refractivity contribution >= 4 is 0 Å². The van der Waals surface area contributed by atoms with E-state index < -0.39 is 6.29 Å². The van der Waals surface area contributed by atoms with Gasteiger partial charge in [0, 0.05) is 5.56 Å². The second-order valence-corrected chi connectivity index (χ2v) is 4.48. The van der Waals surface area contributed by atoms with E-state index in [1.807, 2.05) is 13.8 Å². The Morgan fingerprint density at radius 2 is 2.06 bits per heavy atom. The van der Waals surface area contributed by atoms with Crippen LogP contribution in [0.2, 0.25) is 0 Å². The van der Waals surface area contributed by atoms with Crippen LogP contribution in [0.1, 0.15) is 42.4 Å². The van der Waals surface area contributed by atoms with Gasteiger partial charge in [-0.3, -0.25) is 0 Å². The molecule has 0 aliphatic carbocycles. The Labute approximate surface area is 95.7 Å². The predicted octanol–water partition coefficient (Wildman–Crippen LogP) is 2.60. The minimum Gasteiger partial charge on any atom is -0.507 e. The normalized spacial score (nSPS) is 23.0. The van der Waals surface area contributed by atoms with E-state index in [1.54, 1.807) is 6.07 Å². The van der Waals surface area contributed by atoms with Crippen molar-refractivity contribution in [3.63, 3.8) is 0 Å². The first-order chi connectivity index (χ1) is 7.56. The third-order valence-electron chi connectivity index (χ3n) is 3.31. The summed E-state index contributed by atoms with van der Waals surface area (Å²) in [7, 11) is 0. The van der Waals surface area contributed by atoms with Crippen LogP contribution in [0.3, 0.4) is 0 Å². The molecule has 3 heteroatoms. The molecule has 0 saturated heterocycles. The quantitative estimate of drug-likeness (QED) is 0.808. The molecular formula is C13H18O3. The summed E-state index contributed by atoms with van der Waals surface area (Å²) in [6.45, 7) is 5.80. The van der Waals surface area contributed by atoms with Crippen molar-refractivity contribution < 1.29 is 14.9 Å². The number of phenols is 1. The number of rotatable bonds is 2. The number of aryl methyl sites for hydroxylation is 1. The number of aliphatic hydroxyl groups excluding tert-OH is 1. The van der Waals surface area contributed by atoms with E-state index in [1.165, 1.54) is 0 Å². The van der Waals surface area contributed by atoms with Crippen molar-refractivity contribution in [1.29, 1.82) is 0 Å². The summed E-state index contributed by atoms with van der Waals surface area (Å²) < 4.78 is 5.43. The van der Waals surface area contributed by atoms with Gasteiger partial charge >= 0.3 is 0 Å². The Hall–Kier alpha value is -1.22. The second kappa shape index (κ2) is 3.98. The average Bonchev–Trinajstić information content (AvgIpc) is 2.53. The molecule has 1 aliphatic heterocycles. The molecule has 0 unspecified atom stereocenters. The van der Waals surface area contributed by atoms with E-state index in [-0.39, 0.29) is 5.92 Å². The summed E-state index contributed by atoms with van der Waals surface area (Å²) in [5, 5.41) is 19.7. The smallest absolute Gasteiger partial charge is 0.204 e. The number of hydrogen-bond donors (Lipinski definition) is 2. The number of ether oxygens (including phenoxy) is 1. The van der Waals surface area contributed by atoms with Gasteiger partial charge in [0.2, 0.25) is 6.29 Å². The summed E-state index contributed by atoms with van der Waals surface area (Å²) in [5.74, 6) is 1.03. The highest BCUT2D eigenvalue weighted by molar-refractivity contribution is 5.55. The Morgan fingerprint density at radius 1 is 1.38 bits per heavy atom. The first-order valence-electron chi connectivity index (χ1n) is 5.74. The van der Waals surface area contributed by atoms with Crippen LogP contribution in [-0.2, 0) is 0 Å². The maximum atomic E-state index is 9.91. The lowest BCUT2D eigenvalue weighted by Crippen LogP contribution is -2.17. The molecule has 2 N–H and O–H groups in total. The third kappa shape index (κ3) is 1.55. The Bertz CT molecular complexity index is 412. The Morgan fingerprint density at radius 3 is 2.69 bits per heavy atom. The number of aliphatic hydroxyl groups is 1. The van der Waals surface area contributed by atoms with Gasteiger partial charge in [-0.25, -0.2) is 0 Å². The summed E-state index contributed by atoms with van der Waals surface area (Å²) in [6, 6.07) is 1.80. The van der Waals surface area contributed by atoms with Gasteiger partial charge in [0.1, 0.15) is 11.5 Å². The molecule has 0 amide bonds. The molecule has 3 nitrogen and oxygen atoms in total. The van der Waals surface area contributed by atoms with Crippen LogP contribution in [0.5, 0.6) is 11.5 Å². The van der Waals surface area contributed by atoms with E-state index >= 15 is 0 Å². The molecule has 0 bridgehead atoms. The molecule has 16 heavy (non-hydrogen) atoms. The van der Waals surface area contributed by atoms with E-state index in [4.69, 9.17) is 4.74 Å². The molecule has 1 aromatic carbocycles. The molecule has 0 saturated carbocycles. The molecule has 0 fully saturated rings. The molecule has 1 aromatic rings. The zero-order valence-electron chi connectivity index (χ0n) is 9.95. The Kier molecular flexibility index (Phi) is 2.80. The third-order valence-corrected chi connectivity index (χ3v) is 3.31. The van der Waals surface area contributed by atoms with Crippen molar-refractivity contribution in [3.05, 3.63) is 22.8 Å². The summed E-state index contributed by atoms with van der Waals surface area (Å²) >= 11 is 0. The molecular weight excluding hydrogens is 204 g/mol. The Balaban J connectivity index is 2.52. The standard InChI is InChI=1S/C13H18O3/c1-4-5-9-11-8(3)12(14)7(2)6-10(11)16-13(9)15/h6,9,13-15H,4-5H2,1-3H3/t9-,13-/m1/s1. The lowest BCUT2D eigenvalue weighted by atomic mass is 9.90. The first-order valence-corrected chi connectivity index (χ1v) is 5.74. The average molecular weight is 222 g/mol. The maximum Gasteiger partial charge on any atom is 0.204 e. The fourth-order valence-corrected chi connectivity index (χ4v) is 2.46. The number of aromatic hydroxyl groups is 1. The summed E-state index contributed by atoms with van der Waals surface area (Å²) in [6.07, 6.45) is 1.09. The highest BCUT2D eigenvalue weighted by Crippen LogP contribution is 2.45. The largest absolute Gasteiger partial charge is 0.507 e. The van der Waals surface area contributed by atoms with Crippen LogP contribution in [0, 0.1) is 13.8 Å². The van der Waals surface area contributed by atoms with Gasteiger partial charge in [0.15, 0.2) is 0 Å². The molecule has 1 aliphatic rings. The number of hydrogen-bond acceptors (Lipinski definition) is 3. The van der Waals surface area contributed by atoms with Crippen LogP contribution in [0.15, 0.2) is 6.07 Å². The van der Waals surface area contributed by atoms with Crippen molar-refractivity contribution in [2.75, 3.05) is 0 Å². The van der Waals surface area contributed by atoms with Gasteiger partial charge in [0.25, 0.3) is 0 Å². The number of fused-ring (bicyclic) bond motifs is 1. The molecule has 2 atom stereocenters. The van der Waals surface area contributed by atoms with E-state index in [0.717, 1.165) is 35.3 Å². The van der Waals surface area contributed by atoms with Gasteiger partial charge in [-0.15, -0.1) is 0 Å². The van der Waals surface area contributed by atoms with Gasteiger partial charge < -0.3 is 14.9 Å². The predicted molar refractivity (Wildman–Crippen MR) is 61.9 cm³/mol. The topological polar surface area (TPSA) is 49.7 Å². The lowest BCUT2D eigenvalue weighted by Gasteiger charge is -2.14. The van der Waals surface area contributed by atoms with Crippen molar-refractivity contribution in [1.82, 2.24) is 0 Å². The molecule has 1 heterocycles. The highest BCUT2D eigenvalue weighted by atomic mass is 16.6. The monoisotopic (exact) mass is 222 g/mol. The van der Waals surface area contributed by atoms with Crippen LogP contribution >= 0.6 is 0 Å². The zero-order valence-corrected chi connectivity index (χ0v) is 9.95. The van der Waals surface area contributed by atoms with Crippen LogP contribution in [0.25, 0.3) is 0 Å². The van der Waals surface area contributed by atoms with Crippen LogP contribution < -0.4 is 4.74 Å². The maximum absolute atomic E-state index is 9.91. The van der Waals surface area contributed by atoms with E-state index in [2.05, 4.69) is 6.92 Å². The molecule has 0 spiro atoms. The zero-order chi connectivity index (χ0) is 11.9. The molecule has 0 radical (unpaired) electrons. The van der Waals surface area contributed by atoms with Gasteiger partial charge in [-0.2, -0.15) is 0 Å². The lowest BCUT2D eigenvalue weighted by molar-refractivity contribution is -0.0200. The molecule has 2 rings (SSSR count). The molecule has 0 aromatic heterocycles. The molecule has 88 valence electrons. The fourth-order valence-electron chi connectivity index (χ4n) is 2.46. The van der Waals surface area contributed by atoms with Crippen molar-refractivity contribution in [2.45, 2.75) is 45.8 Å². The fraction of sp³-hybridized carbons (Fsp3) is 0.538. The van der Waals surface area contributed by atoms with Gasteiger partial charge in [0.05, 0.1) is 5.92 Å². The summed E-state index contributed by atoms with van der Waals surface area (Å²) in [5.41, 5.74) is 2.60. The highest BCUT2D eigenvalue weighted by Gasteiger charge is 2.34. The van der Waals surface area contributed by atoms with Gasteiger partial charge in [-0.05, 0) is 37.5 Å². The SMILES string of the molecule is CCC[C@@H]1c2c(cc(C)c(O)c2C)O[C@H]1O. The van der Waals surface area contributed by atoms with E-state index in [0.29, 0.717) is 5.75 Å². The minimum atomic E-state index is -0.769. The van der Waals surface area contributed by atoms with Crippen LogP contribution in [0.4, 0.5) is 0 Å². The first kappa shape index (κ1) is 11.3. The van der Waals surface area contributed by atoms with Crippen molar-refractivity contribution in [3.8, 4) is 11.5 Å². The number of phenolic OH excluding ortho intramolecular Hbond substituents is 1. The second-order valence-electron chi connectivity index (χ2n) is 4.48. The minimum absolute atomic E-state index is 0.00787. The van der Waals surface area contributed by atoms with E-state index in [9.17, 15) is 10.2 Å². The number of benzene rings is 1. The van der Waals surface area contributed by atoms with Crippen molar-refractivity contribution in [2.24, 2.45) is 0 Å². The summed E-state index contributed by atoms with van der Waals surface area (Å²) in [4.78, 5) is 0. The van der Waals surface area contributed by atoms with Crippen LogP contribution in [-0.4, -0.2) is 16.5 Å².